The maximum atomic E-state index is 12.8. The van der Waals surface area contributed by atoms with Crippen molar-refractivity contribution in [3.8, 4) is 0 Å². The van der Waals surface area contributed by atoms with Crippen LogP contribution in [0.15, 0.2) is 55.8 Å². The topological polar surface area (TPSA) is 88.2 Å². The Morgan fingerprint density at radius 1 is 1.19 bits per heavy atom. The van der Waals surface area contributed by atoms with E-state index >= 15 is 0 Å². The fourth-order valence-electron chi connectivity index (χ4n) is 2.16. The molecule has 0 saturated heterocycles. The number of hydrogen-bond donors (Lipinski definition) is 2. The summed E-state index contributed by atoms with van der Waals surface area (Å²) in [6.07, 6.45) is 0. The van der Waals surface area contributed by atoms with Gasteiger partial charge in [0.1, 0.15) is 10.3 Å². The minimum absolute atomic E-state index is 0.128. The lowest BCUT2D eigenvalue weighted by molar-refractivity contribution is -0.117. The predicted molar refractivity (Wildman–Crippen MR) is 107 cm³/mol. The number of carbonyl (C=O) groups is 1. The fraction of sp³-hybridized carbons (Fsp3) is 0.125. The van der Waals surface area contributed by atoms with E-state index in [0.717, 1.165) is 17.0 Å². The number of benzene rings is 1. The molecular formula is C16H14BrN3O3S3. The Hall–Kier alpha value is -1.59. The first kappa shape index (κ1) is 19.2. The van der Waals surface area contributed by atoms with Crippen LogP contribution in [-0.2, 0) is 14.8 Å². The second-order valence-corrected chi connectivity index (χ2v) is 10.6. The van der Waals surface area contributed by atoms with E-state index in [1.165, 1.54) is 17.4 Å². The SMILES string of the molecule is Cc1csc(NC(=O)[C@@H](NS(=O)(=O)c2ccc(Br)s2)c2ccccc2)n1. The van der Waals surface area contributed by atoms with Gasteiger partial charge < -0.3 is 5.32 Å². The Bertz CT molecular complexity index is 1020. The Morgan fingerprint density at radius 2 is 1.92 bits per heavy atom. The third-order valence-corrected chi connectivity index (χ3v) is 7.74. The van der Waals surface area contributed by atoms with Crippen molar-refractivity contribution < 1.29 is 13.2 Å². The lowest BCUT2D eigenvalue weighted by atomic mass is 10.1. The molecule has 3 aromatic rings. The molecular weight excluding hydrogens is 458 g/mol. The molecule has 0 aliphatic carbocycles. The minimum atomic E-state index is -3.86. The number of carbonyl (C=O) groups excluding carboxylic acids is 1. The first-order valence-corrected chi connectivity index (χ1v) is 11.4. The zero-order chi connectivity index (χ0) is 18.7. The number of halogens is 1. The maximum Gasteiger partial charge on any atom is 0.251 e. The number of sulfonamides is 1. The Balaban J connectivity index is 1.90. The second kappa shape index (κ2) is 7.97. The highest BCUT2D eigenvalue weighted by atomic mass is 79.9. The monoisotopic (exact) mass is 471 g/mol. The number of thiazole rings is 1. The van der Waals surface area contributed by atoms with Crippen LogP contribution >= 0.6 is 38.6 Å². The molecule has 1 amide bonds. The van der Waals surface area contributed by atoms with Crippen LogP contribution in [0.2, 0.25) is 0 Å². The van der Waals surface area contributed by atoms with Crippen molar-refractivity contribution in [3.05, 3.63) is 62.9 Å². The summed E-state index contributed by atoms with van der Waals surface area (Å²) in [5, 5.41) is 4.90. The molecule has 0 bridgehead atoms. The number of aromatic nitrogens is 1. The molecule has 2 aromatic heterocycles. The number of rotatable bonds is 6. The van der Waals surface area contributed by atoms with Crippen LogP contribution in [0.25, 0.3) is 0 Å². The summed E-state index contributed by atoms with van der Waals surface area (Å²) in [6.45, 7) is 1.82. The lowest BCUT2D eigenvalue weighted by Crippen LogP contribution is -2.36. The van der Waals surface area contributed by atoms with Gasteiger partial charge in [-0.1, -0.05) is 30.3 Å². The van der Waals surface area contributed by atoms with Crippen molar-refractivity contribution in [1.82, 2.24) is 9.71 Å². The van der Waals surface area contributed by atoms with Crippen molar-refractivity contribution in [2.75, 3.05) is 5.32 Å². The summed E-state index contributed by atoms with van der Waals surface area (Å²) in [7, 11) is -3.86. The van der Waals surface area contributed by atoms with Gasteiger partial charge in [-0.05, 0) is 40.5 Å². The van der Waals surface area contributed by atoms with Gasteiger partial charge in [0.05, 0.1) is 9.48 Å². The van der Waals surface area contributed by atoms with Crippen molar-refractivity contribution in [2.45, 2.75) is 17.2 Å². The summed E-state index contributed by atoms with van der Waals surface area (Å²) in [6, 6.07) is 10.8. The smallest absolute Gasteiger partial charge is 0.251 e. The highest BCUT2D eigenvalue weighted by Crippen LogP contribution is 2.28. The van der Waals surface area contributed by atoms with E-state index in [9.17, 15) is 13.2 Å². The van der Waals surface area contributed by atoms with Gasteiger partial charge in [-0.3, -0.25) is 4.79 Å². The number of nitrogens with zero attached hydrogens (tertiary/aromatic N) is 1. The largest absolute Gasteiger partial charge is 0.300 e. The Labute approximate surface area is 167 Å². The van der Waals surface area contributed by atoms with Crippen LogP contribution < -0.4 is 10.0 Å². The third-order valence-electron chi connectivity index (χ3n) is 3.33. The van der Waals surface area contributed by atoms with E-state index < -0.39 is 22.0 Å². The average molecular weight is 472 g/mol. The van der Waals surface area contributed by atoms with E-state index in [2.05, 4.69) is 31.0 Å². The molecule has 10 heteroatoms. The molecule has 2 heterocycles. The summed E-state index contributed by atoms with van der Waals surface area (Å²) in [4.78, 5) is 16.9. The molecule has 0 radical (unpaired) electrons. The van der Waals surface area contributed by atoms with E-state index in [1.807, 2.05) is 6.92 Å². The fourth-order valence-corrected chi connectivity index (χ4v) is 6.06. The normalized spacial score (nSPS) is 12.7. The molecule has 3 rings (SSSR count). The molecule has 0 aliphatic heterocycles. The van der Waals surface area contributed by atoms with Gasteiger partial charge in [-0.15, -0.1) is 22.7 Å². The molecule has 0 spiro atoms. The van der Waals surface area contributed by atoms with Crippen LogP contribution in [0, 0.1) is 6.92 Å². The highest BCUT2D eigenvalue weighted by molar-refractivity contribution is 9.11. The first-order valence-electron chi connectivity index (χ1n) is 7.41. The number of hydrogen-bond acceptors (Lipinski definition) is 6. The summed E-state index contributed by atoms with van der Waals surface area (Å²) >= 11 is 5.61. The molecule has 6 nitrogen and oxygen atoms in total. The molecule has 1 atom stereocenters. The number of aryl methyl sites for hydroxylation is 1. The van der Waals surface area contributed by atoms with Gasteiger partial charge in [0, 0.05) is 5.38 Å². The molecule has 0 saturated carbocycles. The molecule has 2 N–H and O–H groups in total. The van der Waals surface area contributed by atoms with E-state index in [4.69, 9.17) is 0 Å². The van der Waals surface area contributed by atoms with Crippen LogP contribution in [-0.4, -0.2) is 19.3 Å². The van der Waals surface area contributed by atoms with E-state index in [-0.39, 0.29) is 4.21 Å². The second-order valence-electron chi connectivity index (χ2n) is 5.31. The molecule has 0 fully saturated rings. The van der Waals surface area contributed by atoms with Crippen molar-refractivity contribution >= 4 is 59.7 Å². The van der Waals surface area contributed by atoms with E-state index in [0.29, 0.717) is 14.5 Å². The molecule has 136 valence electrons. The number of thiophene rings is 1. The van der Waals surface area contributed by atoms with Gasteiger partial charge in [-0.2, -0.15) is 4.72 Å². The van der Waals surface area contributed by atoms with Crippen LogP contribution in [0.1, 0.15) is 17.3 Å². The lowest BCUT2D eigenvalue weighted by Gasteiger charge is -2.17. The van der Waals surface area contributed by atoms with E-state index in [1.54, 1.807) is 41.8 Å². The van der Waals surface area contributed by atoms with Crippen LogP contribution in [0.4, 0.5) is 5.13 Å². The Kier molecular flexibility index (Phi) is 5.88. The quantitative estimate of drug-likeness (QED) is 0.569. The van der Waals surface area contributed by atoms with Crippen LogP contribution in [0.5, 0.6) is 0 Å². The van der Waals surface area contributed by atoms with Gasteiger partial charge >= 0.3 is 0 Å². The van der Waals surface area contributed by atoms with Crippen molar-refractivity contribution in [2.24, 2.45) is 0 Å². The highest BCUT2D eigenvalue weighted by Gasteiger charge is 2.28. The third kappa shape index (κ3) is 4.57. The zero-order valence-electron chi connectivity index (χ0n) is 13.5. The van der Waals surface area contributed by atoms with Gasteiger partial charge in [-0.25, -0.2) is 13.4 Å². The van der Waals surface area contributed by atoms with Gasteiger partial charge in [0.2, 0.25) is 5.91 Å². The summed E-state index contributed by atoms with van der Waals surface area (Å²) in [5.41, 5.74) is 1.32. The summed E-state index contributed by atoms with van der Waals surface area (Å²) in [5.74, 6) is -0.496. The summed E-state index contributed by atoms with van der Waals surface area (Å²) < 4.78 is 28.7. The van der Waals surface area contributed by atoms with Gasteiger partial charge in [0.15, 0.2) is 5.13 Å². The molecule has 26 heavy (non-hydrogen) atoms. The minimum Gasteiger partial charge on any atom is -0.300 e. The predicted octanol–water partition coefficient (Wildman–Crippen LogP) is 3.93. The standard InChI is InChI=1S/C16H14BrN3O3S3/c1-10-9-24-16(18-10)19-15(21)14(11-5-3-2-4-6-11)20-26(22,23)13-8-7-12(17)25-13/h2-9,14,20H,1H3,(H,18,19,21)/t14-/m0/s1. The van der Waals surface area contributed by atoms with Crippen molar-refractivity contribution in [3.63, 3.8) is 0 Å². The molecule has 1 aromatic carbocycles. The number of nitrogens with one attached hydrogen (secondary N) is 2. The molecule has 0 unspecified atom stereocenters. The molecule has 0 aliphatic rings. The first-order chi connectivity index (χ1) is 12.3. The van der Waals surface area contributed by atoms with Gasteiger partial charge in [0.25, 0.3) is 10.0 Å². The zero-order valence-corrected chi connectivity index (χ0v) is 17.5. The maximum absolute atomic E-state index is 12.8. The van der Waals surface area contributed by atoms with Crippen LogP contribution in [0.3, 0.4) is 0 Å². The number of amides is 1. The average Bonchev–Trinajstić information content (AvgIpc) is 3.22. The Morgan fingerprint density at radius 3 is 2.50 bits per heavy atom. The number of anilines is 1. The van der Waals surface area contributed by atoms with Crippen molar-refractivity contribution in [1.29, 1.82) is 0 Å².